The molecule has 2 heterocycles. The van der Waals surface area contributed by atoms with E-state index in [1.807, 2.05) is 11.3 Å². The fourth-order valence-electron chi connectivity index (χ4n) is 3.42. The lowest BCUT2D eigenvalue weighted by molar-refractivity contribution is 0.181. The zero-order chi connectivity index (χ0) is 13.1. The van der Waals surface area contributed by atoms with E-state index in [1.54, 1.807) is 10.4 Å². The zero-order valence-electron chi connectivity index (χ0n) is 12.0. The summed E-state index contributed by atoms with van der Waals surface area (Å²) in [7, 11) is 0. The fraction of sp³-hybridized carbons (Fsp3) is 0.750. The van der Waals surface area contributed by atoms with Crippen LogP contribution in [-0.2, 0) is 13.0 Å². The van der Waals surface area contributed by atoms with Crippen LogP contribution in [0.3, 0.4) is 0 Å². The second-order valence-corrected chi connectivity index (χ2v) is 7.18. The Morgan fingerprint density at radius 3 is 3.05 bits per heavy atom. The van der Waals surface area contributed by atoms with Gasteiger partial charge >= 0.3 is 0 Å². The molecule has 2 nitrogen and oxygen atoms in total. The first kappa shape index (κ1) is 13.6. The van der Waals surface area contributed by atoms with Crippen molar-refractivity contribution in [3.05, 3.63) is 21.9 Å². The molecule has 0 bridgehead atoms. The minimum Gasteiger partial charge on any atom is -0.312 e. The van der Waals surface area contributed by atoms with Gasteiger partial charge in [-0.05, 0) is 43.2 Å². The summed E-state index contributed by atoms with van der Waals surface area (Å²) in [5.74, 6) is 0. The number of thiophene rings is 1. The van der Waals surface area contributed by atoms with Gasteiger partial charge in [0.2, 0.25) is 0 Å². The molecule has 1 aliphatic carbocycles. The molecule has 2 aliphatic rings. The van der Waals surface area contributed by atoms with Gasteiger partial charge in [-0.1, -0.05) is 19.3 Å². The third-order valence-corrected chi connectivity index (χ3v) is 5.79. The SMILES string of the molecule is CC(CNC1CCCCC1)N1CCc2sccc2C1. The van der Waals surface area contributed by atoms with E-state index in [0.29, 0.717) is 6.04 Å². The smallest absolute Gasteiger partial charge is 0.0248 e. The van der Waals surface area contributed by atoms with Crippen LogP contribution >= 0.6 is 11.3 Å². The highest BCUT2D eigenvalue weighted by Crippen LogP contribution is 2.25. The Kier molecular flexibility index (Phi) is 4.57. The van der Waals surface area contributed by atoms with Crippen LogP contribution in [0.5, 0.6) is 0 Å². The summed E-state index contributed by atoms with van der Waals surface area (Å²) in [5, 5.41) is 6.05. The maximum Gasteiger partial charge on any atom is 0.0248 e. The Morgan fingerprint density at radius 2 is 2.21 bits per heavy atom. The Balaban J connectivity index is 1.47. The highest BCUT2D eigenvalue weighted by molar-refractivity contribution is 7.10. The van der Waals surface area contributed by atoms with Crippen molar-refractivity contribution in [2.45, 2.75) is 64.1 Å². The van der Waals surface area contributed by atoms with Crippen LogP contribution < -0.4 is 5.32 Å². The molecule has 1 saturated carbocycles. The monoisotopic (exact) mass is 278 g/mol. The van der Waals surface area contributed by atoms with Crippen LogP contribution in [0.1, 0.15) is 49.5 Å². The van der Waals surface area contributed by atoms with Gasteiger partial charge in [0.1, 0.15) is 0 Å². The predicted molar refractivity (Wildman–Crippen MR) is 82.8 cm³/mol. The van der Waals surface area contributed by atoms with E-state index >= 15 is 0 Å². The van der Waals surface area contributed by atoms with E-state index in [1.165, 1.54) is 45.1 Å². The Morgan fingerprint density at radius 1 is 1.37 bits per heavy atom. The molecule has 0 amide bonds. The third kappa shape index (κ3) is 3.39. The van der Waals surface area contributed by atoms with Crippen molar-refractivity contribution in [1.29, 1.82) is 0 Å². The van der Waals surface area contributed by atoms with Crippen LogP contribution in [-0.4, -0.2) is 30.1 Å². The number of hydrogen-bond acceptors (Lipinski definition) is 3. The third-order valence-electron chi connectivity index (χ3n) is 4.77. The molecule has 0 spiro atoms. The Labute approximate surface area is 121 Å². The van der Waals surface area contributed by atoms with Crippen molar-refractivity contribution < 1.29 is 0 Å². The predicted octanol–water partition coefficient (Wildman–Crippen LogP) is 3.42. The highest BCUT2D eigenvalue weighted by atomic mass is 32.1. The maximum absolute atomic E-state index is 3.80. The van der Waals surface area contributed by atoms with Crippen LogP contribution in [0, 0.1) is 0 Å². The van der Waals surface area contributed by atoms with Crippen molar-refractivity contribution in [1.82, 2.24) is 10.2 Å². The van der Waals surface area contributed by atoms with Crippen LogP contribution in [0.15, 0.2) is 11.4 Å². The van der Waals surface area contributed by atoms with Crippen molar-refractivity contribution in [3.8, 4) is 0 Å². The average Bonchev–Trinajstić information content (AvgIpc) is 2.93. The second-order valence-electron chi connectivity index (χ2n) is 6.18. The van der Waals surface area contributed by atoms with Gasteiger partial charge in [0.05, 0.1) is 0 Å². The first-order valence-corrected chi connectivity index (χ1v) is 8.73. The summed E-state index contributed by atoms with van der Waals surface area (Å²) in [6, 6.07) is 3.76. The largest absolute Gasteiger partial charge is 0.312 e. The first-order valence-electron chi connectivity index (χ1n) is 7.85. The Hall–Kier alpha value is -0.380. The van der Waals surface area contributed by atoms with Gasteiger partial charge in [-0.3, -0.25) is 4.90 Å². The van der Waals surface area contributed by atoms with E-state index < -0.39 is 0 Å². The molecular weight excluding hydrogens is 252 g/mol. The number of fused-ring (bicyclic) bond motifs is 1. The van der Waals surface area contributed by atoms with Crippen molar-refractivity contribution in [3.63, 3.8) is 0 Å². The standard InChI is InChI=1S/C16H26N2S/c1-13(11-17-15-5-3-2-4-6-15)18-9-7-16-14(12-18)8-10-19-16/h8,10,13,15,17H,2-7,9,11-12H2,1H3. The topological polar surface area (TPSA) is 15.3 Å². The number of hydrogen-bond donors (Lipinski definition) is 1. The van der Waals surface area contributed by atoms with E-state index in [9.17, 15) is 0 Å². The summed E-state index contributed by atoms with van der Waals surface area (Å²) in [5.41, 5.74) is 1.57. The summed E-state index contributed by atoms with van der Waals surface area (Å²) in [6.07, 6.45) is 8.33. The Bertz CT molecular complexity index is 395. The molecule has 106 valence electrons. The molecule has 0 radical (unpaired) electrons. The molecule has 3 rings (SSSR count). The second kappa shape index (κ2) is 6.38. The van der Waals surface area contributed by atoms with Crippen LogP contribution in [0.2, 0.25) is 0 Å². The molecule has 1 aromatic rings. The lowest BCUT2D eigenvalue weighted by Crippen LogP contribution is -2.45. The first-order chi connectivity index (χ1) is 9.33. The van der Waals surface area contributed by atoms with Crippen molar-refractivity contribution in [2.75, 3.05) is 13.1 Å². The van der Waals surface area contributed by atoms with Gasteiger partial charge in [0, 0.05) is 36.6 Å². The normalized spacial score (nSPS) is 23.2. The summed E-state index contributed by atoms with van der Waals surface area (Å²) >= 11 is 1.93. The molecule has 1 atom stereocenters. The molecule has 1 fully saturated rings. The summed E-state index contributed by atoms with van der Waals surface area (Å²) in [4.78, 5) is 4.26. The minimum absolute atomic E-state index is 0.662. The van der Waals surface area contributed by atoms with Crippen LogP contribution in [0.4, 0.5) is 0 Å². The minimum atomic E-state index is 0.662. The van der Waals surface area contributed by atoms with Gasteiger partial charge in [0.15, 0.2) is 0 Å². The van der Waals surface area contributed by atoms with Crippen molar-refractivity contribution >= 4 is 11.3 Å². The molecule has 0 saturated heterocycles. The molecular formula is C16H26N2S. The summed E-state index contributed by atoms with van der Waals surface area (Å²) < 4.78 is 0. The van der Waals surface area contributed by atoms with Gasteiger partial charge < -0.3 is 5.32 Å². The molecule has 3 heteroatoms. The van der Waals surface area contributed by atoms with Crippen molar-refractivity contribution in [2.24, 2.45) is 0 Å². The molecule has 1 aliphatic heterocycles. The maximum atomic E-state index is 3.80. The lowest BCUT2D eigenvalue weighted by atomic mass is 9.95. The highest BCUT2D eigenvalue weighted by Gasteiger charge is 2.22. The van der Waals surface area contributed by atoms with E-state index in [-0.39, 0.29) is 0 Å². The number of rotatable bonds is 4. The van der Waals surface area contributed by atoms with Crippen LogP contribution in [0.25, 0.3) is 0 Å². The number of nitrogens with one attached hydrogen (secondary N) is 1. The fourth-order valence-corrected chi connectivity index (χ4v) is 4.31. The van der Waals surface area contributed by atoms with E-state index in [2.05, 4.69) is 28.6 Å². The number of nitrogens with zero attached hydrogens (tertiary/aromatic N) is 1. The molecule has 1 N–H and O–H groups in total. The molecule has 1 aromatic heterocycles. The average molecular weight is 278 g/mol. The quantitative estimate of drug-likeness (QED) is 0.908. The molecule has 19 heavy (non-hydrogen) atoms. The zero-order valence-corrected chi connectivity index (χ0v) is 12.8. The van der Waals surface area contributed by atoms with Gasteiger partial charge in [-0.25, -0.2) is 0 Å². The van der Waals surface area contributed by atoms with Gasteiger partial charge in [0.25, 0.3) is 0 Å². The van der Waals surface area contributed by atoms with Gasteiger partial charge in [-0.15, -0.1) is 11.3 Å². The van der Waals surface area contributed by atoms with Gasteiger partial charge in [-0.2, -0.15) is 0 Å². The lowest BCUT2D eigenvalue weighted by Gasteiger charge is -2.34. The van der Waals surface area contributed by atoms with E-state index in [0.717, 1.165) is 19.1 Å². The summed E-state index contributed by atoms with van der Waals surface area (Å²) in [6.45, 7) is 5.94. The van der Waals surface area contributed by atoms with E-state index in [4.69, 9.17) is 0 Å². The molecule has 1 unspecified atom stereocenters. The molecule has 0 aromatic carbocycles.